The highest BCUT2D eigenvalue weighted by atomic mass is 35.5. The molecule has 4 nitrogen and oxygen atoms in total. The number of aliphatic hydroxyl groups is 1. The van der Waals surface area contributed by atoms with Crippen LogP contribution in [-0.4, -0.2) is 33.2 Å². The summed E-state index contributed by atoms with van der Waals surface area (Å²) in [6.07, 6.45) is 11.4. The smallest absolute Gasteiger partial charge is 0.182 e. The van der Waals surface area contributed by atoms with Crippen LogP contribution in [-0.2, 0) is 14.4 Å². The Morgan fingerprint density at radius 3 is 2.16 bits per heavy atom. The van der Waals surface area contributed by atoms with Crippen molar-refractivity contribution in [3.05, 3.63) is 23.5 Å². The van der Waals surface area contributed by atoms with Crippen LogP contribution in [0.3, 0.4) is 0 Å². The number of carbonyl (C=O) groups is 3. The van der Waals surface area contributed by atoms with Crippen LogP contribution in [0.2, 0.25) is 0 Å². The number of ketones is 3. The van der Waals surface area contributed by atoms with Crippen LogP contribution in [0.4, 0.5) is 0 Å². The first-order valence-electron chi connectivity index (χ1n) is 11.4. The van der Waals surface area contributed by atoms with E-state index in [4.69, 9.17) is 23.2 Å². The summed E-state index contributed by atoms with van der Waals surface area (Å²) in [5.74, 6) is -2.19. The fraction of sp³-hybridized carbons (Fsp3) is 0.720. The third-order valence-corrected chi connectivity index (χ3v) is 8.62. The van der Waals surface area contributed by atoms with Crippen LogP contribution in [0, 0.1) is 28.6 Å². The summed E-state index contributed by atoms with van der Waals surface area (Å²) in [6.45, 7) is 6.14. The molecule has 2 saturated carbocycles. The molecule has 0 saturated heterocycles. The number of hydrogen-bond acceptors (Lipinski definition) is 4. The summed E-state index contributed by atoms with van der Waals surface area (Å²) >= 11 is 13.4. The Morgan fingerprint density at radius 2 is 1.55 bits per heavy atom. The van der Waals surface area contributed by atoms with E-state index >= 15 is 0 Å². The average Bonchev–Trinajstić information content (AvgIpc) is 2.72. The van der Waals surface area contributed by atoms with Gasteiger partial charge in [0, 0.05) is 17.2 Å². The topological polar surface area (TPSA) is 71.4 Å². The van der Waals surface area contributed by atoms with Crippen molar-refractivity contribution < 1.29 is 19.5 Å². The minimum absolute atomic E-state index is 0.175. The lowest BCUT2D eigenvalue weighted by Crippen LogP contribution is -2.51. The lowest BCUT2D eigenvalue weighted by atomic mass is 9.61. The maximum atomic E-state index is 13.5. The number of Topliss-reactive ketones (excluding diaryl/α,β-unsaturated/α-hetero) is 3. The van der Waals surface area contributed by atoms with Crippen LogP contribution in [0.25, 0.3) is 0 Å². The van der Waals surface area contributed by atoms with Gasteiger partial charge in [0.05, 0.1) is 16.2 Å². The highest BCUT2D eigenvalue weighted by Crippen LogP contribution is 2.46. The molecule has 172 valence electrons. The first-order chi connectivity index (χ1) is 14.4. The number of rotatable bonds is 4. The van der Waals surface area contributed by atoms with Gasteiger partial charge in [-0.1, -0.05) is 31.4 Å². The standard InChI is InChI=1S/C25H34Cl2O4/c1-24(2)21(29)18(22(30)25(3,4)23(24)31)20(28)16-12-13-17(26)15(19(16)27)11-10-14-8-6-5-7-9-14/h10-11,14-17,19,29H,5-9,12-13H2,1-4H3/b11-10+. The minimum Gasteiger partial charge on any atom is -0.510 e. The average molecular weight is 469 g/mol. The van der Waals surface area contributed by atoms with Crippen LogP contribution >= 0.6 is 23.2 Å². The third-order valence-electron chi connectivity index (χ3n) is 7.52. The van der Waals surface area contributed by atoms with E-state index in [0.717, 1.165) is 0 Å². The number of alkyl halides is 2. The molecular weight excluding hydrogens is 435 g/mol. The van der Waals surface area contributed by atoms with E-state index in [1.807, 2.05) is 0 Å². The zero-order valence-corrected chi connectivity index (χ0v) is 20.4. The Morgan fingerprint density at radius 1 is 0.935 bits per heavy atom. The zero-order chi connectivity index (χ0) is 23.1. The number of carbonyl (C=O) groups excluding carboxylic acids is 3. The number of hydrogen-bond donors (Lipinski definition) is 1. The Kier molecular flexibility index (Phi) is 7.13. The van der Waals surface area contributed by atoms with E-state index in [1.54, 1.807) is 13.8 Å². The van der Waals surface area contributed by atoms with Gasteiger partial charge < -0.3 is 5.11 Å². The minimum atomic E-state index is -1.37. The Balaban J connectivity index is 1.88. The lowest BCUT2D eigenvalue weighted by Gasteiger charge is -2.40. The van der Waals surface area contributed by atoms with Gasteiger partial charge in [-0.15, -0.1) is 23.2 Å². The van der Waals surface area contributed by atoms with Gasteiger partial charge in [-0.25, -0.2) is 0 Å². The molecule has 3 rings (SSSR count). The second-order valence-electron chi connectivity index (χ2n) is 10.5. The van der Waals surface area contributed by atoms with E-state index in [-0.39, 0.29) is 22.7 Å². The van der Waals surface area contributed by atoms with Gasteiger partial charge in [0.15, 0.2) is 17.3 Å². The molecular formula is C25H34Cl2O4. The summed E-state index contributed by atoms with van der Waals surface area (Å²) < 4.78 is 0. The molecule has 6 heteroatoms. The second-order valence-corrected chi connectivity index (χ2v) is 11.6. The molecule has 2 fully saturated rings. The Bertz CT molecular complexity index is 817. The monoisotopic (exact) mass is 468 g/mol. The molecule has 0 heterocycles. The normalized spacial score (nSPS) is 34.4. The van der Waals surface area contributed by atoms with Crippen molar-refractivity contribution in [3.63, 3.8) is 0 Å². The fourth-order valence-electron chi connectivity index (χ4n) is 5.41. The first-order valence-corrected chi connectivity index (χ1v) is 12.3. The molecule has 0 aromatic rings. The first kappa shape index (κ1) is 24.5. The summed E-state index contributed by atoms with van der Waals surface area (Å²) in [5, 5.41) is 10.0. The lowest BCUT2D eigenvalue weighted by molar-refractivity contribution is -0.145. The SMILES string of the molecule is CC1(C)C(=O)C(C(=O)C2CCC(Cl)C(/C=C/C3CCCCC3)C2Cl)=C(O)C(C)(C)C1=O. The van der Waals surface area contributed by atoms with Gasteiger partial charge in [-0.05, 0) is 59.3 Å². The second kappa shape index (κ2) is 9.02. The number of aliphatic hydroxyl groups excluding tert-OH is 1. The molecule has 0 bridgehead atoms. The largest absolute Gasteiger partial charge is 0.510 e. The van der Waals surface area contributed by atoms with Gasteiger partial charge in [-0.2, -0.15) is 0 Å². The molecule has 0 radical (unpaired) electrons. The predicted molar refractivity (Wildman–Crippen MR) is 123 cm³/mol. The van der Waals surface area contributed by atoms with Gasteiger partial charge in [0.1, 0.15) is 11.3 Å². The van der Waals surface area contributed by atoms with E-state index in [2.05, 4.69) is 12.2 Å². The van der Waals surface area contributed by atoms with Gasteiger partial charge >= 0.3 is 0 Å². The summed E-state index contributed by atoms with van der Waals surface area (Å²) in [4.78, 5) is 39.4. The van der Waals surface area contributed by atoms with Crippen molar-refractivity contribution >= 4 is 40.6 Å². The molecule has 4 unspecified atom stereocenters. The molecule has 0 amide bonds. The Hall–Kier alpha value is -1.13. The van der Waals surface area contributed by atoms with E-state index < -0.39 is 39.5 Å². The van der Waals surface area contributed by atoms with E-state index in [9.17, 15) is 19.5 Å². The van der Waals surface area contributed by atoms with E-state index in [1.165, 1.54) is 46.0 Å². The molecule has 0 aliphatic heterocycles. The van der Waals surface area contributed by atoms with Gasteiger partial charge in [-0.3, -0.25) is 14.4 Å². The van der Waals surface area contributed by atoms with Crippen LogP contribution in [0.1, 0.15) is 72.6 Å². The molecule has 3 aliphatic carbocycles. The highest BCUT2D eigenvalue weighted by Gasteiger charge is 2.56. The summed E-state index contributed by atoms with van der Waals surface area (Å²) in [5.41, 5.74) is -2.92. The van der Waals surface area contributed by atoms with Crippen molar-refractivity contribution in [2.24, 2.45) is 28.6 Å². The molecule has 1 N–H and O–H groups in total. The highest BCUT2D eigenvalue weighted by molar-refractivity contribution is 6.33. The maximum Gasteiger partial charge on any atom is 0.182 e. The van der Waals surface area contributed by atoms with Crippen molar-refractivity contribution in [1.82, 2.24) is 0 Å². The number of allylic oxidation sites excluding steroid dienone is 4. The van der Waals surface area contributed by atoms with Crippen molar-refractivity contribution in [2.45, 2.75) is 83.4 Å². The quantitative estimate of drug-likeness (QED) is 0.239. The van der Waals surface area contributed by atoms with Crippen molar-refractivity contribution in [3.8, 4) is 0 Å². The molecule has 0 aromatic carbocycles. The van der Waals surface area contributed by atoms with Crippen molar-refractivity contribution in [2.75, 3.05) is 0 Å². The molecule has 4 atom stereocenters. The molecule has 31 heavy (non-hydrogen) atoms. The van der Waals surface area contributed by atoms with Gasteiger partial charge in [0.25, 0.3) is 0 Å². The predicted octanol–water partition coefficient (Wildman–Crippen LogP) is 5.95. The fourth-order valence-corrected chi connectivity index (χ4v) is 6.35. The Labute approximate surface area is 195 Å². The number of halogens is 2. The molecule has 0 aromatic heterocycles. The van der Waals surface area contributed by atoms with Crippen LogP contribution in [0.5, 0.6) is 0 Å². The summed E-state index contributed by atoms with van der Waals surface area (Å²) in [6, 6.07) is 0. The van der Waals surface area contributed by atoms with Crippen molar-refractivity contribution in [1.29, 1.82) is 0 Å². The zero-order valence-electron chi connectivity index (χ0n) is 18.9. The maximum absolute atomic E-state index is 13.5. The molecule has 3 aliphatic rings. The van der Waals surface area contributed by atoms with Gasteiger partial charge in [0.2, 0.25) is 0 Å². The van der Waals surface area contributed by atoms with E-state index in [0.29, 0.717) is 18.8 Å². The van der Waals surface area contributed by atoms with Crippen LogP contribution in [0.15, 0.2) is 23.5 Å². The summed E-state index contributed by atoms with van der Waals surface area (Å²) in [7, 11) is 0. The molecule has 0 spiro atoms. The van der Waals surface area contributed by atoms with Crippen LogP contribution < -0.4 is 0 Å². The third kappa shape index (κ3) is 4.39.